The van der Waals surface area contributed by atoms with Gasteiger partial charge in [-0.05, 0) is 51.0 Å². The van der Waals surface area contributed by atoms with Gasteiger partial charge in [0, 0.05) is 12.2 Å². The van der Waals surface area contributed by atoms with Gasteiger partial charge in [0.05, 0.1) is 12.6 Å². The molecule has 1 amide bonds. The fourth-order valence-electron chi connectivity index (χ4n) is 2.95. The normalized spacial score (nSPS) is 14.7. The van der Waals surface area contributed by atoms with E-state index < -0.39 is 28.8 Å². The molecule has 0 aliphatic heterocycles. The molecular weight excluding hydrogens is 393 g/mol. The van der Waals surface area contributed by atoms with E-state index in [0.29, 0.717) is 0 Å². The van der Waals surface area contributed by atoms with Crippen molar-refractivity contribution in [2.24, 2.45) is 0 Å². The average Bonchev–Trinajstić information content (AvgIpc) is 2.61. The number of alkyl carbamates (subject to hydrolysis) is 1. The summed E-state index contributed by atoms with van der Waals surface area (Å²) in [5, 5.41) is 2.84. The Labute approximate surface area is 174 Å². The maximum absolute atomic E-state index is 13.5. The minimum Gasteiger partial charge on any atom is -0.444 e. The minimum absolute atomic E-state index is 0.00171. The van der Waals surface area contributed by atoms with E-state index in [4.69, 9.17) is 8.92 Å². The van der Waals surface area contributed by atoms with Crippen LogP contribution in [-0.4, -0.2) is 34.8 Å². The van der Waals surface area contributed by atoms with Gasteiger partial charge in [0.25, 0.3) is 0 Å². The van der Waals surface area contributed by atoms with Crippen LogP contribution in [0.1, 0.15) is 43.4 Å². The molecule has 158 valence electrons. The third-order valence-electron chi connectivity index (χ3n) is 4.18. The first-order valence-corrected chi connectivity index (χ1v) is 10.8. The molecule has 2 unspecified atom stereocenters. The van der Waals surface area contributed by atoms with Crippen LogP contribution < -0.4 is 5.32 Å². The molecule has 2 aromatic carbocycles. The van der Waals surface area contributed by atoms with Crippen molar-refractivity contribution in [2.75, 3.05) is 12.9 Å². The Morgan fingerprint density at radius 2 is 1.59 bits per heavy atom. The fraction of sp³-hybridized carbons (Fsp3) is 0.409. The number of carbonyl (C=O) groups excluding carboxylic acids is 1. The van der Waals surface area contributed by atoms with Crippen molar-refractivity contribution < 1.29 is 22.3 Å². The number of ether oxygens (including phenoxy) is 1. The van der Waals surface area contributed by atoms with Gasteiger partial charge in [-0.1, -0.05) is 42.0 Å². The van der Waals surface area contributed by atoms with Gasteiger partial charge in [0.2, 0.25) is 0 Å². The minimum atomic E-state index is -1.51. The lowest BCUT2D eigenvalue weighted by atomic mass is 9.85. The molecule has 2 aromatic rings. The summed E-state index contributed by atoms with van der Waals surface area (Å²) >= 11 is -1.51. The van der Waals surface area contributed by atoms with Crippen LogP contribution in [0.5, 0.6) is 0 Å². The molecule has 0 spiro atoms. The number of carbonyl (C=O) groups is 1. The van der Waals surface area contributed by atoms with Crippen molar-refractivity contribution in [3.05, 3.63) is 71.0 Å². The lowest BCUT2D eigenvalue weighted by Crippen LogP contribution is -2.45. The van der Waals surface area contributed by atoms with E-state index in [2.05, 4.69) is 5.32 Å². The number of nitrogens with one attached hydrogen (secondary N) is 1. The Morgan fingerprint density at radius 3 is 2.07 bits per heavy atom. The summed E-state index contributed by atoms with van der Waals surface area (Å²) in [4.78, 5) is 12.5. The maximum Gasteiger partial charge on any atom is 0.407 e. The lowest BCUT2D eigenvalue weighted by molar-refractivity contribution is 0.0483. The highest BCUT2D eigenvalue weighted by Crippen LogP contribution is 2.29. The van der Waals surface area contributed by atoms with E-state index in [-0.39, 0.29) is 18.3 Å². The van der Waals surface area contributed by atoms with E-state index in [0.717, 1.165) is 16.7 Å². The van der Waals surface area contributed by atoms with Crippen molar-refractivity contribution >= 4 is 17.2 Å². The Balaban J connectivity index is 2.43. The van der Waals surface area contributed by atoms with E-state index in [1.54, 1.807) is 32.9 Å². The monoisotopic (exact) mass is 421 g/mol. The zero-order valence-corrected chi connectivity index (χ0v) is 18.2. The molecule has 1 N–H and O–H groups in total. The summed E-state index contributed by atoms with van der Waals surface area (Å²) in [6.07, 6.45) is 0.816. The van der Waals surface area contributed by atoms with Crippen molar-refractivity contribution in [2.45, 2.75) is 45.3 Å². The van der Waals surface area contributed by atoms with E-state index in [1.807, 2.05) is 31.2 Å². The lowest BCUT2D eigenvalue weighted by Gasteiger charge is -2.30. The third-order valence-corrected chi connectivity index (χ3v) is 4.65. The van der Waals surface area contributed by atoms with Crippen molar-refractivity contribution in [3.8, 4) is 0 Å². The molecule has 3 atom stereocenters. The summed E-state index contributed by atoms with van der Waals surface area (Å²) in [7, 11) is 0. The molecule has 0 saturated heterocycles. The zero-order chi connectivity index (χ0) is 21.6. The first-order chi connectivity index (χ1) is 13.5. The molecular formula is C22H28FNO4S. The van der Waals surface area contributed by atoms with Gasteiger partial charge in [-0.25, -0.2) is 13.4 Å². The summed E-state index contributed by atoms with van der Waals surface area (Å²) < 4.78 is 35.8. The third kappa shape index (κ3) is 7.59. The number of hydrogen-bond donors (Lipinski definition) is 1. The van der Waals surface area contributed by atoms with Crippen LogP contribution in [0, 0.1) is 12.7 Å². The van der Waals surface area contributed by atoms with Gasteiger partial charge in [-0.3, -0.25) is 4.18 Å². The van der Waals surface area contributed by atoms with E-state index in [9.17, 15) is 13.4 Å². The van der Waals surface area contributed by atoms with Gasteiger partial charge >= 0.3 is 6.09 Å². The number of halogens is 1. The molecule has 7 heteroatoms. The van der Waals surface area contributed by atoms with Crippen molar-refractivity contribution in [1.29, 1.82) is 0 Å². The number of rotatable bonds is 7. The number of benzene rings is 2. The van der Waals surface area contributed by atoms with E-state index >= 15 is 0 Å². The standard InChI is InChI=1S/C22H28FNO4S/c1-15-6-8-16(9-7-15)20(17-10-12-18(23)13-11-17)19(14-27-29(5)26)24-21(25)28-22(2,3)4/h6-13,19-20H,14H2,1-5H3,(H,24,25)/t19-,20?,29?/m1/s1. The zero-order valence-electron chi connectivity index (χ0n) is 17.4. The van der Waals surface area contributed by atoms with Crippen LogP contribution in [-0.2, 0) is 20.0 Å². The van der Waals surface area contributed by atoms with Crippen LogP contribution in [0.15, 0.2) is 48.5 Å². The van der Waals surface area contributed by atoms with Crippen molar-refractivity contribution in [1.82, 2.24) is 5.32 Å². The second-order valence-electron chi connectivity index (χ2n) is 7.88. The smallest absolute Gasteiger partial charge is 0.407 e. The maximum atomic E-state index is 13.5. The number of aryl methyl sites for hydroxylation is 1. The Bertz CT molecular complexity index is 786. The van der Waals surface area contributed by atoms with Gasteiger partial charge in [-0.2, -0.15) is 0 Å². The van der Waals surface area contributed by atoms with Gasteiger partial charge < -0.3 is 10.1 Å². The second kappa shape index (κ2) is 9.98. The van der Waals surface area contributed by atoms with Crippen LogP contribution >= 0.6 is 0 Å². The molecule has 0 aliphatic rings. The Kier molecular flexibility index (Phi) is 7.93. The largest absolute Gasteiger partial charge is 0.444 e. The van der Waals surface area contributed by atoms with Crippen LogP contribution in [0.4, 0.5) is 9.18 Å². The first-order valence-electron chi connectivity index (χ1n) is 9.33. The molecule has 0 fully saturated rings. The molecule has 0 bridgehead atoms. The molecule has 0 aliphatic carbocycles. The predicted octanol–water partition coefficient (Wildman–Crippen LogP) is 4.47. The number of amides is 1. The molecule has 0 saturated carbocycles. The second-order valence-corrected chi connectivity index (χ2v) is 8.92. The van der Waals surface area contributed by atoms with Gasteiger partial charge in [0.15, 0.2) is 11.1 Å². The van der Waals surface area contributed by atoms with E-state index in [1.165, 1.54) is 18.4 Å². The molecule has 0 aromatic heterocycles. The first kappa shape index (κ1) is 23.0. The summed E-state index contributed by atoms with van der Waals surface area (Å²) in [6, 6.07) is 13.4. The molecule has 5 nitrogen and oxygen atoms in total. The Hall–Kier alpha value is -2.25. The fourth-order valence-corrected chi connectivity index (χ4v) is 3.29. The highest BCUT2D eigenvalue weighted by Gasteiger charge is 2.29. The van der Waals surface area contributed by atoms with Crippen LogP contribution in [0.3, 0.4) is 0 Å². The summed E-state index contributed by atoms with van der Waals surface area (Å²) in [5.41, 5.74) is 2.13. The van der Waals surface area contributed by atoms with Gasteiger partial charge in [-0.15, -0.1) is 0 Å². The summed E-state index contributed by atoms with van der Waals surface area (Å²) in [6.45, 7) is 7.30. The highest BCUT2D eigenvalue weighted by atomic mass is 32.2. The molecule has 2 rings (SSSR count). The molecule has 0 radical (unpaired) electrons. The van der Waals surface area contributed by atoms with Crippen LogP contribution in [0.2, 0.25) is 0 Å². The molecule has 0 heterocycles. The SMILES string of the molecule is Cc1ccc(C(c2ccc(F)cc2)[C@@H](COS(C)=O)NC(=O)OC(C)(C)C)cc1. The average molecular weight is 422 g/mol. The highest BCUT2D eigenvalue weighted by molar-refractivity contribution is 7.79. The number of hydrogen-bond acceptors (Lipinski definition) is 4. The predicted molar refractivity (Wildman–Crippen MR) is 113 cm³/mol. The van der Waals surface area contributed by atoms with Crippen molar-refractivity contribution in [3.63, 3.8) is 0 Å². The summed E-state index contributed by atoms with van der Waals surface area (Å²) in [5.74, 6) is -0.703. The Morgan fingerprint density at radius 1 is 1.07 bits per heavy atom. The van der Waals surface area contributed by atoms with Crippen LogP contribution in [0.25, 0.3) is 0 Å². The topological polar surface area (TPSA) is 64.6 Å². The van der Waals surface area contributed by atoms with Gasteiger partial charge in [0.1, 0.15) is 11.4 Å². The molecule has 29 heavy (non-hydrogen) atoms. The quantitative estimate of drug-likeness (QED) is 0.716.